The fourth-order valence-electron chi connectivity index (χ4n) is 1.09. The summed E-state index contributed by atoms with van der Waals surface area (Å²) < 4.78 is 26.1. The Balaban J connectivity index is 3.22. The van der Waals surface area contributed by atoms with Crippen LogP contribution in [0.1, 0.15) is 11.1 Å². The molecule has 1 rings (SSSR count). The molecule has 78 valence electrons. The van der Waals surface area contributed by atoms with Gasteiger partial charge in [0.1, 0.15) is 0 Å². The molecule has 0 unspecified atom stereocenters. The maximum absolute atomic E-state index is 10.5. The Morgan fingerprint density at radius 1 is 1.36 bits per heavy atom. The highest BCUT2D eigenvalue weighted by Crippen LogP contribution is 2.36. The summed E-state index contributed by atoms with van der Waals surface area (Å²) in [4.78, 5) is 0. The SMILES string of the molecule is Cc1cc(C)c(O[Br+2]([O-])[O-])c(Br)c1N. The Morgan fingerprint density at radius 2 is 1.93 bits per heavy atom. The highest BCUT2D eigenvalue weighted by atomic mass is 80.0. The fraction of sp³-hybridized carbons (Fsp3) is 0.250. The summed E-state index contributed by atoms with van der Waals surface area (Å²) in [7, 11) is 0. The summed E-state index contributed by atoms with van der Waals surface area (Å²) in [6.45, 7) is 3.61. The Hall–Kier alpha value is -0.300. The van der Waals surface area contributed by atoms with E-state index in [-0.39, 0.29) is 5.75 Å². The van der Waals surface area contributed by atoms with E-state index in [4.69, 9.17) is 5.73 Å². The average Bonchev–Trinajstić information content (AvgIpc) is 2.09. The molecule has 0 radical (unpaired) electrons. The molecule has 0 aliphatic heterocycles. The lowest BCUT2D eigenvalue weighted by atomic mass is 10.1. The van der Waals surface area contributed by atoms with Crippen molar-refractivity contribution in [3.8, 4) is 5.75 Å². The molecule has 1 aromatic rings. The lowest BCUT2D eigenvalue weighted by molar-refractivity contribution is -1.62. The van der Waals surface area contributed by atoms with Crippen molar-refractivity contribution in [3.63, 3.8) is 0 Å². The van der Waals surface area contributed by atoms with Crippen molar-refractivity contribution in [1.82, 2.24) is 0 Å². The number of halogens is 2. The smallest absolute Gasteiger partial charge is 0.397 e. The molecule has 0 heterocycles. The predicted octanol–water partition coefficient (Wildman–Crippen LogP) is 0.113. The first-order valence-corrected chi connectivity index (χ1v) is 6.46. The lowest BCUT2D eigenvalue weighted by Crippen LogP contribution is -2.37. The molecule has 0 fully saturated rings. The molecule has 0 atom stereocenters. The molecule has 0 bridgehead atoms. The second kappa shape index (κ2) is 4.48. The molecular formula is C8H9Br2NO3. The molecule has 0 aromatic heterocycles. The third-order valence-corrected chi connectivity index (χ3v) is 3.17. The normalized spacial score (nSPS) is 10.7. The first-order valence-electron chi connectivity index (χ1n) is 3.72. The predicted molar refractivity (Wildman–Crippen MR) is 48.7 cm³/mol. The second-order valence-corrected chi connectivity index (χ2v) is 4.74. The first-order chi connectivity index (χ1) is 6.43. The molecule has 0 saturated heterocycles. The minimum Gasteiger partial charge on any atom is -0.397 e. The number of anilines is 1. The molecule has 0 spiro atoms. The topological polar surface area (TPSA) is 81.4 Å². The van der Waals surface area contributed by atoms with Gasteiger partial charge in [0.15, 0.2) is 0 Å². The van der Waals surface area contributed by atoms with E-state index >= 15 is 0 Å². The van der Waals surface area contributed by atoms with Crippen LogP contribution >= 0.6 is 15.9 Å². The molecule has 0 amide bonds. The van der Waals surface area contributed by atoms with Gasteiger partial charge in [-0.05, 0) is 35.3 Å². The molecule has 2 N–H and O–H groups in total. The van der Waals surface area contributed by atoms with E-state index in [0.29, 0.717) is 10.2 Å². The highest BCUT2D eigenvalue weighted by molar-refractivity contribution is 9.10. The summed E-state index contributed by atoms with van der Waals surface area (Å²) in [5.41, 5.74) is 7.82. The largest absolute Gasteiger partial charge is 0.501 e. The summed E-state index contributed by atoms with van der Waals surface area (Å²) in [5, 5.41) is 0. The Morgan fingerprint density at radius 3 is 2.43 bits per heavy atom. The summed E-state index contributed by atoms with van der Waals surface area (Å²) in [6.07, 6.45) is 0. The van der Waals surface area contributed by atoms with Gasteiger partial charge in [0.2, 0.25) is 0 Å². The molecule has 0 aliphatic carbocycles. The van der Waals surface area contributed by atoms with Crippen LogP contribution in [0.25, 0.3) is 0 Å². The van der Waals surface area contributed by atoms with E-state index in [9.17, 15) is 8.40 Å². The molecule has 14 heavy (non-hydrogen) atoms. The Bertz CT molecular complexity index is 355. The molecule has 4 nitrogen and oxygen atoms in total. The third-order valence-electron chi connectivity index (χ3n) is 1.79. The zero-order valence-corrected chi connectivity index (χ0v) is 10.8. The molecule has 6 heteroatoms. The van der Waals surface area contributed by atoms with E-state index in [1.807, 2.05) is 6.92 Å². The summed E-state index contributed by atoms with van der Waals surface area (Å²) in [6, 6.07) is 1.78. The van der Waals surface area contributed by atoms with Gasteiger partial charge in [0.25, 0.3) is 5.75 Å². The van der Waals surface area contributed by atoms with Crippen molar-refractivity contribution in [2.24, 2.45) is 0 Å². The van der Waals surface area contributed by atoms with Crippen molar-refractivity contribution in [2.75, 3.05) is 5.73 Å². The summed E-state index contributed by atoms with van der Waals surface area (Å²) in [5.74, 6) is 0.271. The molecule has 1 aromatic carbocycles. The van der Waals surface area contributed by atoms with E-state index in [0.717, 1.165) is 11.1 Å². The molecule has 0 aliphatic rings. The zero-order chi connectivity index (χ0) is 10.9. The fourth-order valence-corrected chi connectivity index (χ4v) is 2.70. The van der Waals surface area contributed by atoms with Gasteiger partial charge in [-0.3, -0.25) is 0 Å². The van der Waals surface area contributed by atoms with Crippen molar-refractivity contribution in [2.45, 2.75) is 13.8 Å². The zero-order valence-electron chi connectivity index (χ0n) is 7.64. The van der Waals surface area contributed by atoms with Gasteiger partial charge in [0, 0.05) is 5.56 Å². The third kappa shape index (κ3) is 2.38. The maximum Gasteiger partial charge on any atom is 0.501 e. The van der Waals surface area contributed by atoms with Gasteiger partial charge in [-0.25, -0.2) is 0 Å². The Labute approximate surface area is 95.6 Å². The second-order valence-electron chi connectivity index (χ2n) is 2.83. The van der Waals surface area contributed by atoms with Gasteiger partial charge < -0.3 is 14.1 Å². The van der Waals surface area contributed by atoms with Gasteiger partial charge in [-0.15, -0.1) is 3.83 Å². The number of benzene rings is 1. The minimum absolute atomic E-state index is 0.271. The van der Waals surface area contributed by atoms with Crippen LogP contribution in [0.5, 0.6) is 5.75 Å². The van der Waals surface area contributed by atoms with Crippen LogP contribution in [0.4, 0.5) is 5.69 Å². The van der Waals surface area contributed by atoms with Crippen molar-refractivity contribution in [1.29, 1.82) is 0 Å². The van der Waals surface area contributed by atoms with Crippen LogP contribution < -0.4 is 18.0 Å². The van der Waals surface area contributed by atoms with Gasteiger partial charge in [0.05, 0.1) is 10.2 Å². The van der Waals surface area contributed by atoms with E-state index in [1.54, 1.807) is 13.0 Å². The van der Waals surface area contributed by atoms with Crippen molar-refractivity contribution >= 4 is 21.6 Å². The van der Waals surface area contributed by atoms with Crippen LogP contribution in [-0.2, 0) is 0 Å². The van der Waals surface area contributed by atoms with E-state index in [2.05, 4.69) is 19.8 Å². The quantitative estimate of drug-likeness (QED) is 0.782. The van der Waals surface area contributed by atoms with Crippen molar-refractivity contribution in [3.05, 3.63) is 21.7 Å². The number of nitrogens with two attached hydrogens (primary N) is 1. The lowest BCUT2D eigenvalue weighted by Gasteiger charge is -2.07. The summed E-state index contributed by atoms with van der Waals surface area (Å²) >= 11 is -0.0673. The van der Waals surface area contributed by atoms with E-state index in [1.165, 1.54) is 0 Å². The number of nitrogen functional groups attached to an aromatic ring is 1. The number of hydrogen-bond donors (Lipinski definition) is 1. The standard InChI is InChI=1S/C8H9Br2NO3/c1-4-3-5(2)8(14-10(12)13)6(9)7(4)11/h3H,11H2,1-2H3. The van der Waals surface area contributed by atoms with Gasteiger partial charge in [-0.2, -0.15) is 0 Å². The molecule has 0 saturated carbocycles. The number of aryl methyl sites for hydroxylation is 2. The maximum atomic E-state index is 10.5. The number of rotatable bonds is 2. The van der Waals surface area contributed by atoms with Gasteiger partial charge >= 0.3 is 14.8 Å². The van der Waals surface area contributed by atoms with Crippen LogP contribution in [0, 0.1) is 28.7 Å². The Kier molecular flexibility index (Phi) is 3.77. The highest BCUT2D eigenvalue weighted by Gasteiger charge is 2.21. The molecular weight excluding hydrogens is 318 g/mol. The van der Waals surface area contributed by atoms with Crippen LogP contribution in [0.2, 0.25) is 0 Å². The average molecular weight is 327 g/mol. The number of hydrogen-bond acceptors (Lipinski definition) is 4. The van der Waals surface area contributed by atoms with Crippen molar-refractivity contribution < 1.29 is 27.0 Å². The minimum atomic E-state index is -3.27. The monoisotopic (exact) mass is 325 g/mol. The van der Waals surface area contributed by atoms with Crippen LogP contribution in [-0.4, -0.2) is 0 Å². The first kappa shape index (κ1) is 11.8. The van der Waals surface area contributed by atoms with E-state index < -0.39 is 14.8 Å². The van der Waals surface area contributed by atoms with Crippen LogP contribution in [0.3, 0.4) is 0 Å². The van der Waals surface area contributed by atoms with Crippen LogP contribution in [0.15, 0.2) is 10.5 Å². The van der Waals surface area contributed by atoms with Gasteiger partial charge in [-0.1, -0.05) is 6.07 Å².